The molecule has 2 rings (SSSR count). The Bertz CT molecular complexity index is 423. The molecule has 1 aliphatic heterocycles. The van der Waals surface area contributed by atoms with Gasteiger partial charge >= 0.3 is 0 Å². The number of aliphatic hydroxyl groups is 1. The quantitative estimate of drug-likeness (QED) is 0.539. The largest absolute Gasteiger partial charge is 0.392 e. The summed E-state index contributed by atoms with van der Waals surface area (Å²) in [4.78, 5) is 19.2. The van der Waals surface area contributed by atoms with E-state index in [9.17, 15) is 9.90 Å². The fourth-order valence-electron chi connectivity index (χ4n) is 1.58. The maximum absolute atomic E-state index is 11.8. The molecular weight excluding hydrogens is 267 g/mol. The van der Waals surface area contributed by atoms with Crippen molar-refractivity contribution in [1.82, 2.24) is 15.3 Å². The number of aromatic nitrogens is 2. The Morgan fingerprint density at radius 1 is 1.53 bits per heavy atom. The average molecular weight is 277 g/mol. The van der Waals surface area contributed by atoms with Gasteiger partial charge in [0.25, 0.3) is 0 Å². The lowest BCUT2D eigenvalue weighted by Gasteiger charge is -2.10. The summed E-state index contributed by atoms with van der Waals surface area (Å²) in [5.74, 6) is -0.0458. The van der Waals surface area contributed by atoms with E-state index in [2.05, 4.69) is 20.6 Å². The van der Waals surface area contributed by atoms with E-state index in [-0.39, 0.29) is 22.2 Å². The van der Waals surface area contributed by atoms with Gasteiger partial charge in [0.15, 0.2) is 0 Å². The highest BCUT2D eigenvalue weighted by molar-refractivity contribution is 6.32. The van der Waals surface area contributed by atoms with Gasteiger partial charge in [-0.05, 0) is 18.0 Å². The minimum Gasteiger partial charge on any atom is -0.392 e. The third-order valence-corrected chi connectivity index (χ3v) is 2.71. The van der Waals surface area contributed by atoms with E-state index in [1.165, 1.54) is 6.07 Å². The number of rotatable bonds is 2. The number of hydrogen-bond donors (Lipinski definition) is 3. The number of carbonyl (C=O) groups is 1. The van der Waals surface area contributed by atoms with Gasteiger partial charge in [-0.1, -0.05) is 11.6 Å². The molecule has 1 aromatic heterocycles. The van der Waals surface area contributed by atoms with Crippen molar-refractivity contribution in [1.29, 1.82) is 0 Å². The van der Waals surface area contributed by atoms with Crippen molar-refractivity contribution in [3.63, 3.8) is 0 Å². The van der Waals surface area contributed by atoms with Crippen molar-refractivity contribution in [2.75, 3.05) is 11.9 Å². The predicted octanol–water partition coefficient (Wildman–Crippen LogP) is 0.445. The van der Waals surface area contributed by atoms with Gasteiger partial charge < -0.3 is 15.7 Å². The molecule has 0 saturated carbocycles. The number of halogens is 2. The Morgan fingerprint density at radius 2 is 2.29 bits per heavy atom. The first-order chi connectivity index (χ1) is 8.04. The summed E-state index contributed by atoms with van der Waals surface area (Å²) in [6.45, 7) is 0.406. The maximum Gasteiger partial charge on any atom is 0.242 e. The number of amides is 1. The second kappa shape index (κ2) is 5.14. The standard InChI is InChI=1S/C9H10Cl2N4O2/c10-6-2-7(15-9(11)13-6)14-8(17)5-1-4(16)3-12-5/h2,4-5,12,16H,1,3H2,(H,13,14,15,17). The van der Waals surface area contributed by atoms with Crippen LogP contribution in [0.1, 0.15) is 6.42 Å². The molecule has 0 radical (unpaired) electrons. The molecule has 1 amide bonds. The highest BCUT2D eigenvalue weighted by atomic mass is 35.5. The van der Waals surface area contributed by atoms with Crippen LogP contribution in [0.15, 0.2) is 6.07 Å². The summed E-state index contributed by atoms with van der Waals surface area (Å²) >= 11 is 11.3. The van der Waals surface area contributed by atoms with Crippen LogP contribution in [-0.2, 0) is 4.79 Å². The molecule has 6 nitrogen and oxygen atoms in total. The summed E-state index contributed by atoms with van der Waals surface area (Å²) in [6, 6.07) is 0.967. The van der Waals surface area contributed by atoms with Crippen LogP contribution in [0.2, 0.25) is 10.4 Å². The first-order valence-electron chi connectivity index (χ1n) is 4.97. The minimum atomic E-state index is -0.497. The molecule has 0 bridgehead atoms. The molecule has 8 heteroatoms. The lowest BCUT2D eigenvalue weighted by Crippen LogP contribution is -2.35. The van der Waals surface area contributed by atoms with Gasteiger partial charge in [-0.2, -0.15) is 0 Å². The molecule has 17 heavy (non-hydrogen) atoms. The van der Waals surface area contributed by atoms with Crippen molar-refractivity contribution in [2.24, 2.45) is 0 Å². The number of anilines is 1. The molecule has 3 N–H and O–H groups in total. The third kappa shape index (κ3) is 3.26. The highest BCUT2D eigenvalue weighted by Gasteiger charge is 2.28. The zero-order valence-corrected chi connectivity index (χ0v) is 10.2. The Morgan fingerprint density at radius 3 is 2.88 bits per heavy atom. The molecule has 2 heterocycles. The van der Waals surface area contributed by atoms with E-state index in [1.54, 1.807) is 0 Å². The average Bonchev–Trinajstić information content (AvgIpc) is 2.63. The topological polar surface area (TPSA) is 87.1 Å². The molecule has 92 valence electrons. The van der Waals surface area contributed by atoms with Gasteiger partial charge in [-0.15, -0.1) is 0 Å². The van der Waals surface area contributed by atoms with Gasteiger partial charge in [0.05, 0.1) is 12.1 Å². The van der Waals surface area contributed by atoms with E-state index in [4.69, 9.17) is 23.2 Å². The fraction of sp³-hybridized carbons (Fsp3) is 0.444. The van der Waals surface area contributed by atoms with Crippen LogP contribution >= 0.6 is 23.2 Å². The summed E-state index contributed by atoms with van der Waals surface area (Å²) < 4.78 is 0. The van der Waals surface area contributed by atoms with Crippen LogP contribution in [0.3, 0.4) is 0 Å². The molecular formula is C9H10Cl2N4O2. The van der Waals surface area contributed by atoms with Crippen LogP contribution in [-0.4, -0.2) is 39.7 Å². The van der Waals surface area contributed by atoms with Crippen LogP contribution in [0, 0.1) is 0 Å². The number of aliphatic hydroxyl groups excluding tert-OH is 1. The fourth-order valence-corrected chi connectivity index (χ4v) is 1.99. The molecule has 1 aliphatic rings. The van der Waals surface area contributed by atoms with Crippen LogP contribution in [0.4, 0.5) is 5.82 Å². The molecule has 0 aromatic carbocycles. The van der Waals surface area contributed by atoms with Crippen LogP contribution in [0.5, 0.6) is 0 Å². The van der Waals surface area contributed by atoms with E-state index < -0.39 is 12.1 Å². The molecule has 1 saturated heterocycles. The summed E-state index contributed by atoms with van der Waals surface area (Å²) in [5, 5.41) is 14.8. The van der Waals surface area contributed by atoms with Crippen molar-refractivity contribution in [3.05, 3.63) is 16.5 Å². The first kappa shape index (κ1) is 12.5. The second-order valence-corrected chi connectivity index (χ2v) is 4.41. The van der Waals surface area contributed by atoms with Crippen molar-refractivity contribution in [3.8, 4) is 0 Å². The Kier molecular flexibility index (Phi) is 3.78. The van der Waals surface area contributed by atoms with E-state index >= 15 is 0 Å². The van der Waals surface area contributed by atoms with Crippen LogP contribution in [0.25, 0.3) is 0 Å². The van der Waals surface area contributed by atoms with Gasteiger partial charge in [0.2, 0.25) is 11.2 Å². The molecule has 1 aromatic rings. The number of nitrogens with one attached hydrogen (secondary N) is 2. The monoisotopic (exact) mass is 276 g/mol. The van der Waals surface area contributed by atoms with E-state index in [1.807, 2.05) is 0 Å². The lowest BCUT2D eigenvalue weighted by atomic mass is 10.2. The normalized spacial score (nSPS) is 23.7. The Labute approximate surface area is 107 Å². The van der Waals surface area contributed by atoms with Gasteiger partial charge in [0, 0.05) is 12.6 Å². The number of nitrogens with zero attached hydrogens (tertiary/aromatic N) is 2. The summed E-state index contributed by atoms with van der Waals surface area (Å²) in [6.07, 6.45) is -0.124. The van der Waals surface area contributed by atoms with Crippen molar-refractivity contribution in [2.45, 2.75) is 18.6 Å². The number of hydrogen-bond acceptors (Lipinski definition) is 5. The number of β-amino-alcohol motifs (C(OH)–C–C–N with tert-alkyl or cyclic N) is 1. The van der Waals surface area contributed by atoms with E-state index in [0.29, 0.717) is 13.0 Å². The smallest absolute Gasteiger partial charge is 0.242 e. The van der Waals surface area contributed by atoms with Gasteiger partial charge in [-0.25, -0.2) is 9.97 Å². The minimum absolute atomic E-state index is 0.0350. The summed E-state index contributed by atoms with van der Waals surface area (Å²) in [5.41, 5.74) is 0. The molecule has 1 fully saturated rings. The lowest BCUT2D eigenvalue weighted by molar-refractivity contribution is -0.117. The maximum atomic E-state index is 11.8. The highest BCUT2D eigenvalue weighted by Crippen LogP contribution is 2.15. The zero-order chi connectivity index (χ0) is 12.4. The predicted molar refractivity (Wildman–Crippen MR) is 63.1 cm³/mol. The van der Waals surface area contributed by atoms with Gasteiger partial charge in [0.1, 0.15) is 11.0 Å². The SMILES string of the molecule is O=C(Nc1cc(Cl)nc(Cl)n1)C1CC(O)CN1. The second-order valence-electron chi connectivity index (χ2n) is 3.68. The van der Waals surface area contributed by atoms with E-state index in [0.717, 1.165) is 0 Å². The molecule has 0 spiro atoms. The molecule has 0 aliphatic carbocycles. The summed E-state index contributed by atoms with van der Waals surface area (Å²) in [7, 11) is 0. The number of carbonyl (C=O) groups excluding carboxylic acids is 1. The molecule has 2 atom stereocenters. The van der Waals surface area contributed by atoms with Gasteiger partial charge in [-0.3, -0.25) is 4.79 Å². The first-order valence-corrected chi connectivity index (χ1v) is 5.72. The zero-order valence-electron chi connectivity index (χ0n) is 8.65. The Hall–Kier alpha value is -0.950. The van der Waals surface area contributed by atoms with Crippen LogP contribution < -0.4 is 10.6 Å². The Balaban J connectivity index is 2.03. The van der Waals surface area contributed by atoms with Crippen molar-refractivity contribution < 1.29 is 9.90 Å². The molecule has 2 unspecified atom stereocenters. The third-order valence-electron chi connectivity index (χ3n) is 2.34. The van der Waals surface area contributed by atoms with Crippen molar-refractivity contribution >= 4 is 34.9 Å².